The van der Waals surface area contributed by atoms with E-state index in [-0.39, 0.29) is 22.9 Å². The van der Waals surface area contributed by atoms with Crippen molar-refractivity contribution in [3.05, 3.63) is 29.8 Å². The minimum Gasteiger partial charge on any atom is -0.383 e. The van der Waals surface area contributed by atoms with Crippen molar-refractivity contribution in [1.82, 2.24) is 9.21 Å². The first-order valence-corrected chi connectivity index (χ1v) is 10.5. The first kappa shape index (κ1) is 22.6. The maximum absolute atomic E-state index is 12.9. The third-order valence-corrected chi connectivity index (χ3v) is 6.73. The molecule has 1 rings (SSSR count). The molecule has 1 aromatic rings. The number of carbonyl (C=O) groups is 1. The molecular formula is C19H32N2O4S. The molecule has 0 aliphatic heterocycles. The van der Waals surface area contributed by atoms with E-state index in [1.807, 2.05) is 18.7 Å². The second-order valence-electron chi connectivity index (χ2n) is 6.60. The molecule has 0 saturated carbocycles. The van der Waals surface area contributed by atoms with Crippen LogP contribution in [0.1, 0.15) is 50.9 Å². The Bertz CT molecular complexity index is 667. The predicted molar refractivity (Wildman–Crippen MR) is 104 cm³/mol. The third kappa shape index (κ3) is 5.28. The molecule has 148 valence electrons. The minimum absolute atomic E-state index is 0.100. The average Bonchev–Trinajstić information content (AvgIpc) is 2.63. The molecule has 0 N–H and O–H groups in total. The van der Waals surface area contributed by atoms with Crippen LogP contribution in [0, 0.1) is 0 Å². The van der Waals surface area contributed by atoms with Gasteiger partial charge < -0.3 is 9.64 Å². The first-order valence-electron chi connectivity index (χ1n) is 9.08. The molecular weight excluding hydrogens is 352 g/mol. The Kier molecular flexibility index (Phi) is 8.73. The highest BCUT2D eigenvalue weighted by atomic mass is 32.2. The van der Waals surface area contributed by atoms with Gasteiger partial charge in [-0.2, -0.15) is 4.31 Å². The van der Waals surface area contributed by atoms with Gasteiger partial charge in [0.2, 0.25) is 10.0 Å². The fourth-order valence-electron chi connectivity index (χ4n) is 2.75. The number of hydrogen-bond donors (Lipinski definition) is 0. The van der Waals surface area contributed by atoms with E-state index in [2.05, 4.69) is 13.8 Å². The summed E-state index contributed by atoms with van der Waals surface area (Å²) >= 11 is 0. The third-order valence-electron chi connectivity index (χ3n) is 4.69. The van der Waals surface area contributed by atoms with Gasteiger partial charge in [0.15, 0.2) is 0 Å². The van der Waals surface area contributed by atoms with E-state index in [0.717, 1.165) is 12.8 Å². The fraction of sp³-hybridized carbons (Fsp3) is 0.632. The number of rotatable bonds is 10. The highest BCUT2D eigenvalue weighted by Crippen LogP contribution is 2.19. The zero-order valence-corrected chi connectivity index (χ0v) is 17.5. The Hall–Kier alpha value is -1.44. The number of ether oxygens (including phenoxy) is 1. The van der Waals surface area contributed by atoms with Crippen LogP contribution >= 0.6 is 0 Å². The fourth-order valence-corrected chi connectivity index (χ4v) is 4.12. The number of benzene rings is 1. The standard InChI is InChI=1S/C19H32N2O4S/c1-7-17(8-2)21(13-14-25-6)19(22)16-9-11-18(12-10-16)26(23,24)20(5)15(3)4/h9-12,15,17H,7-8,13-14H2,1-6H3. The molecule has 0 saturated heterocycles. The van der Waals surface area contributed by atoms with Gasteiger partial charge in [-0.15, -0.1) is 0 Å². The van der Waals surface area contributed by atoms with Crippen molar-refractivity contribution in [1.29, 1.82) is 0 Å². The van der Waals surface area contributed by atoms with E-state index in [0.29, 0.717) is 18.7 Å². The van der Waals surface area contributed by atoms with Crippen LogP contribution in [0.4, 0.5) is 0 Å². The molecule has 0 heterocycles. The van der Waals surface area contributed by atoms with Crippen LogP contribution in [0.2, 0.25) is 0 Å². The molecule has 0 atom stereocenters. The topological polar surface area (TPSA) is 66.9 Å². The lowest BCUT2D eigenvalue weighted by molar-refractivity contribution is 0.0589. The van der Waals surface area contributed by atoms with E-state index < -0.39 is 10.0 Å². The molecule has 7 heteroatoms. The van der Waals surface area contributed by atoms with Crippen molar-refractivity contribution in [2.75, 3.05) is 27.3 Å². The summed E-state index contributed by atoms with van der Waals surface area (Å²) in [4.78, 5) is 14.9. The maximum atomic E-state index is 12.9. The van der Waals surface area contributed by atoms with Gasteiger partial charge in [0, 0.05) is 38.3 Å². The van der Waals surface area contributed by atoms with Gasteiger partial charge in [0.05, 0.1) is 11.5 Å². The van der Waals surface area contributed by atoms with Gasteiger partial charge in [-0.25, -0.2) is 8.42 Å². The molecule has 1 aromatic carbocycles. The van der Waals surface area contributed by atoms with Gasteiger partial charge in [0.1, 0.15) is 0 Å². The number of carbonyl (C=O) groups excluding carboxylic acids is 1. The Morgan fingerprint density at radius 1 is 1.12 bits per heavy atom. The van der Waals surface area contributed by atoms with Crippen molar-refractivity contribution in [3.8, 4) is 0 Å². The van der Waals surface area contributed by atoms with Crippen molar-refractivity contribution in [3.63, 3.8) is 0 Å². The summed E-state index contributed by atoms with van der Waals surface area (Å²) in [6.07, 6.45) is 1.72. The summed E-state index contributed by atoms with van der Waals surface area (Å²) in [5.74, 6) is -0.100. The Morgan fingerprint density at radius 2 is 1.65 bits per heavy atom. The summed E-state index contributed by atoms with van der Waals surface area (Å²) < 4.78 is 31.5. The summed E-state index contributed by atoms with van der Waals surface area (Å²) in [7, 11) is -0.387. The molecule has 0 aliphatic rings. The summed E-state index contributed by atoms with van der Waals surface area (Å²) in [5, 5.41) is 0. The molecule has 1 amide bonds. The molecule has 0 unspecified atom stereocenters. The lowest BCUT2D eigenvalue weighted by Gasteiger charge is -2.30. The zero-order valence-electron chi connectivity index (χ0n) is 16.7. The summed E-state index contributed by atoms with van der Waals surface area (Å²) in [6, 6.07) is 6.18. The Morgan fingerprint density at radius 3 is 2.08 bits per heavy atom. The van der Waals surface area contributed by atoms with E-state index in [1.165, 1.54) is 16.4 Å². The number of sulfonamides is 1. The van der Waals surface area contributed by atoms with Crippen molar-refractivity contribution in [2.45, 2.75) is 57.5 Å². The molecule has 0 radical (unpaired) electrons. The number of hydrogen-bond acceptors (Lipinski definition) is 4. The van der Waals surface area contributed by atoms with Crippen LogP contribution in [-0.4, -0.2) is 62.9 Å². The second kappa shape index (κ2) is 10.0. The average molecular weight is 385 g/mol. The van der Waals surface area contributed by atoms with E-state index in [9.17, 15) is 13.2 Å². The molecule has 0 aromatic heterocycles. The van der Waals surface area contributed by atoms with Gasteiger partial charge in [-0.3, -0.25) is 4.79 Å². The van der Waals surface area contributed by atoms with Crippen LogP contribution in [0.5, 0.6) is 0 Å². The predicted octanol–water partition coefficient (Wildman–Crippen LogP) is 2.99. The van der Waals surface area contributed by atoms with Gasteiger partial charge in [-0.05, 0) is 51.0 Å². The molecule has 6 nitrogen and oxygen atoms in total. The monoisotopic (exact) mass is 384 g/mol. The smallest absolute Gasteiger partial charge is 0.254 e. The highest BCUT2D eigenvalue weighted by Gasteiger charge is 2.25. The van der Waals surface area contributed by atoms with Crippen LogP contribution in [0.3, 0.4) is 0 Å². The SMILES string of the molecule is CCC(CC)N(CCOC)C(=O)c1ccc(S(=O)(=O)N(C)C(C)C)cc1. The van der Waals surface area contributed by atoms with E-state index in [1.54, 1.807) is 26.3 Å². The maximum Gasteiger partial charge on any atom is 0.254 e. The molecule has 26 heavy (non-hydrogen) atoms. The van der Waals surface area contributed by atoms with Crippen LogP contribution in [-0.2, 0) is 14.8 Å². The highest BCUT2D eigenvalue weighted by molar-refractivity contribution is 7.89. The molecule has 0 bridgehead atoms. The number of nitrogens with zero attached hydrogens (tertiary/aromatic N) is 2. The van der Waals surface area contributed by atoms with Gasteiger partial charge in [-0.1, -0.05) is 13.8 Å². The molecule has 0 aliphatic carbocycles. The summed E-state index contributed by atoms with van der Waals surface area (Å²) in [6.45, 7) is 8.72. The van der Waals surface area contributed by atoms with E-state index >= 15 is 0 Å². The summed E-state index contributed by atoms with van der Waals surface area (Å²) in [5.41, 5.74) is 0.485. The largest absolute Gasteiger partial charge is 0.383 e. The number of methoxy groups -OCH3 is 1. The van der Waals surface area contributed by atoms with Crippen molar-refractivity contribution in [2.24, 2.45) is 0 Å². The normalized spacial score (nSPS) is 12.2. The van der Waals surface area contributed by atoms with Crippen molar-refractivity contribution < 1.29 is 17.9 Å². The lowest BCUT2D eigenvalue weighted by atomic mass is 10.1. The lowest BCUT2D eigenvalue weighted by Crippen LogP contribution is -2.41. The van der Waals surface area contributed by atoms with E-state index in [4.69, 9.17) is 4.74 Å². The number of amides is 1. The quantitative estimate of drug-likeness (QED) is 0.622. The van der Waals surface area contributed by atoms with Crippen LogP contribution < -0.4 is 0 Å². The first-order chi connectivity index (χ1) is 12.2. The van der Waals surface area contributed by atoms with Crippen molar-refractivity contribution >= 4 is 15.9 Å². The zero-order chi connectivity index (χ0) is 19.9. The van der Waals surface area contributed by atoms with Crippen LogP contribution in [0.15, 0.2) is 29.2 Å². The Balaban J connectivity index is 3.10. The second-order valence-corrected chi connectivity index (χ2v) is 8.60. The minimum atomic E-state index is -3.55. The van der Waals surface area contributed by atoms with Crippen LogP contribution in [0.25, 0.3) is 0 Å². The van der Waals surface area contributed by atoms with Gasteiger partial charge in [0.25, 0.3) is 5.91 Å². The molecule has 0 spiro atoms. The van der Waals surface area contributed by atoms with Gasteiger partial charge >= 0.3 is 0 Å². The molecule has 0 fully saturated rings. The Labute approximate surface area is 158 Å².